The Kier molecular flexibility index (Phi) is 1.96. The van der Waals surface area contributed by atoms with Crippen molar-refractivity contribution >= 4 is 11.3 Å². The summed E-state index contributed by atoms with van der Waals surface area (Å²) < 4.78 is 1.94. The van der Waals surface area contributed by atoms with Crippen LogP contribution in [0.15, 0.2) is 29.8 Å². The topological polar surface area (TPSA) is 17.8 Å². The predicted octanol–water partition coefficient (Wildman–Crippen LogP) is 2.63. The van der Waals surface area contributed by atoms with E-state index in [0.717, 1.165) is 12.2 Å². The monoisotopic (exact) mass is 178 g/mol. The number of thiophene rings is 1. The van der Waals surface area contributed by atoms with Gasteiger partial charge in [-0.2, -0.15) is 5.10 Å². The summed E-state index contributed by atoms with van der Waals surface area (Å²) in [5.74, 6) is 0. The summed E-state index contributed by atoms with van der Waals surface area (Å²) in [6.45, 7) is 3.02. The summed E-state index contributed by atoms with van der Waals surface area (Å²) in [5.41, 5.74) is 1.08. The molecule has 0 unspecified atom stereocenters. The third-order valence-electron chi connectivity index (χ3n) is 1.74. The molecule has 12 heavy (non-hydrogen) atoms. The maximum absolute atomic E-state index is 4.40. The van der Waals surface area contributed by atoms with Gasteiger partial charge in [0.2, 0.25) is 0 Å². The summed E-state index contributed by atoms with van der Waals surface area (Å²) in [7, 11) is 0. The first-order valence-corrected chi connectivity index (χ1v) is 4.85. The maximum atomic E-state index is 4.40. The average Bonchev–Trinajstić information content (AvgIpc) is 2.75. The first-order chi connectivity index (χ1) is 5.90. The van der Waals surface area contributed by atoms with E-state index in [1.165, 1.54) is 4.88 Å². The molecule has 0 amide bonds. The van der Waals surface area contributed by atoms with Crippen LogP contribution in [0.5, 0.6) is 0 Å². The predicted molar refractivity (Wildman–Crippen MR) is 51.2 cm³/mol. The molecule has 0 spiro atoms. The van der Waals surface area contributed by atoms with Crippen molar-refractivity contribution < 1.29 is 0 Å². The van der Waals surface area contributed by atoms with Gasteiger partial charge in [-0.05, 0) is 24.4 Å². The fraction of sp³-hybridized carbons (Fsp3) is 0.222. The number of hydrogen-bond acceptors (Lipinski definition) is 2. The van der Waals surface area contributed by atoms with E-state index in [2.05, 4.69) is 29.5 Å². The van der Waals surface area contributed by atoms with Gasteiger partial charge in [-0.1, -0.05) is 6.07 Å². The number of hydrogen-bond donors (Lipinski definition) is 0. The van der Waals surface area contributed by atoms with Crippen molar-refractivity contribution in [1.82, 2.24) is 9.78 Å². The van der Waals surface area contributed by atoms with Crippen LogP contribution in [-0.4, -0.2) is 9.78 Å². The molecule has 2 heterocycles. The van der Waals surface area contributed by atoms with Gasteiger partial charge in [0.1, 0.15) is 5.69 Å². The van der Waals surface area contributed by atoms with Crippen LogP contribution in [0.3, 0.4) is 0 Å². The van der Waals surface area contributed by atoms with Gasteiger partial charge in [-0.25, -0.2) is 0 Å². The molecule has 0 fully saturated rings. The van der Waals surface area contributed by atoms with E-state index in [0.29, 0.717) is 0 Å². The molecule has 2 rings (SSSR count). The van der Waals surface area contributed by atoms with E-state index in [4.69, 9.17) is 0 Å². The molecule has 0 saturated carbocycles. The highest BCUT2D eigenvalue weighted by molar-refractivity contribution is 7.13. The molecule has 0 aliphatic heterocycles. The second kappa shape index (κ2) is 3.11. The highest BCUT2D eigenvalue weighted by Gasteiger charge is 2.00. The number of aromatic nitrogens is 2. The quantitative estimate of drug-likeness (QED) is 0.691. The highest BCUT2D eigenvalue weighted by atomic mass is 32.1. The van der Waals surface area contributed by atoms with Crippen molar-refractivity contribution in [3.63, 3.8) is 0 Å². The minimum atomic E-state index is 0.936. The fourth-order valence-electron chi connectivity index (χ4n) is 1.09. The lowest BCUT2D eigenvalue weighted by molar-refractivity contribution is 0.662. The zero-order chi connectivity index (χ0) is 8.39. The van der Waals surface area contributed by atoms with Gasteiger partial charge < -0.3 is 0 Å². The van der Waals surface area contributed by atoms with Crippen molar-refractivity contribution in [3.05, 3.63) is 29.8 Å². The van der Waals surface area contributed by atoms with Crippen molar-refractivity contribution in [2.24, 2.45) is 0 Å². The molecule has 0 bridgehead atoms. The van der Waals surface area contributed by atoms with Crippen LogP contribution in [0.1, 0.15) is 6.92 Å². The minimum Gasteiger partial charge on any atom is -0.272 e. The third-order valence-corrected chi connectivity index (χ3v) is 2.63. The van der Waals surface area contributed by atoms with E-state index >= 15 is 0 Å². The third kappa shape index (κ3) is 1.28. The zero-order valence-corrected chi connectivity index (χ0v) is 7.71. The smallest absolute Gasteiger partial charge is 0.102 e. The van der Waals surface area contributed by atoms with Crippen LogP contribution in [0.4, 0.5) is 0 Å². The molecule has 2 aromatic rings. The maximum Gasteiger partial charge on any atom is 0.102 e. The lowest BCUT2D eigenvalue weighted by Crippen LogP contribution is -1.93. The lowest BCUT2D eigenvalue weighted by Gasteiger charge is -1.91. The first kappa shape index (κ1) is 7.55. The summed E-state index contributed by atoms with van der Waals surface area (Å²) in [4.78, 5) is 1.24. The van der Waals surface area contributed by atoms with Gasteiger partial charge in [0.25, 0.3) is 0 Å². The molecule has 62 valence electrons. The Labute approximate surface area is 75.5 Å². The van der Waals surface area contributed by atoms with Gasteiger partial charge in [-0.15, -0.1) is 11.3 Å². The Morgan fingerprint density at radius 2 is 2.42 bits per heavy atom. The fourth-order valence-corrected chi connectivity index (χ4v) is 1.78. The molecular formula is C9H10N2S. The van der Waals surface area contributed by atoms with Gasteiger partial charge in [-0.3, -0.25) is 4.68 Å². The van der Waals surface area contributed by atoms with E-state index in [1.54, 1.807) is 11.3 Å². The Morgan fingerprint density at radius 1 is 1.50 bits per heavy atom. The summed E-state index contributed by atoms with van der Waals surface area (Å²) in [5, 5.41) is 6.47. The van der Waals surface area contributed by atoms with Crippen LogP contribution >= 0.6 is 11.3 Å². The Balaban J connectivity index is 2.35. The Hall–Kier alpha value is -1.09. The van der Waals surface area contributed by atoms with Gasteiger partial charge in [0.05, 0.1) is 4.88 Å². The zero-order valence-electron chi connectivity index (χ0n) is 6.90. The molecule has 0 radical (unpaired) electrons. The van der Waals surface area contributed by atoms with E-state index < -0.39 is 0 Å². The summed E-state index contributed by atoms with van der Waals surface area (Å²) >= 11 is 1.72. The van der Waals surface area contributed by atoms with Crippen molar-refractivity contribution in [2.75, 3.05) is 0 Å². The Bertz CT molecular complexity index is 348. The molecule has 2 nitrogen and oxygen atoms in total. The molecule has 2 aromatic heterocycles. The van der Waals surface area contributed by atoms with E-state index in [9.17, 15) is 0 Å². The first-order valence-electron chi connectivity index (χ1n) is 3.97. The molecule has 3 heteroatoms. The summed E-state index contributed by atoms with van der Waals surface area (Å²) in [6, 6.07) is 6.19. The second-order valence-corrected chi connectivity index (χ2v) is 3.48. The van der Waals surface area contributed by atoms with Crippen molar-refractivity contribution in [3.8, 4) is 10.6 Å². The number of nitrogens with zero attached hydrogens (tertiary/aromatic N) is 2. The van der Waals surface area contributed by atoms with Crippen LogP contribution in [0.2, 0.25) is 0 Å². The van der Waals surface area contributed by atoms with Crippen molar-refractivity contribution in [2.45, 2.75) is 13.5 Å². The Morgan fingerprint density at radius 3 is 3.00 bits per heavy atom. The number of aryl methyl sites for hydroxylation is 1. The SMILES string of the molecule is CCn1ccc(-c2cccs2)n1. The summed E-state index contributed by atoms with van der Waals surface area (Å²) in [6.07, 6.45) is 2.01. The average molecular weight is 178 g/mol. The lowest BCUT2D eigenvalue weighted by atomic mass is 10.3. The number of rotatable bonds is 2. The molecule has 0 atom stereocenters. The van der Waals surface area contributed by atoms with Crippen molar-refractivity contribution in [1.29, 1.82) is 0 Å². The molecule has 0 N–H and O–H groups in total. The van der Waals surface area contributed by atoms with Crippen LogP contribution < -0.4 is 0 Å². The molecule has 0 saturated heterocycles. The highest BCUT2D eigenvalue weighted by Crippen LogP contribution is 2.21. The van der Waals surface area contributed by atoms with E-state index in [-0.39, 0.29) is 0 Å². The molecule has 0 aromatic carbocycles. The second-order valence-electron chi connectivity index (χ2n) is 2.53. The van der Waals surface area contributed by atoms with Gasteiger partial charge >= 0.3 is 0 Å². The largest absolute Gasteiger partial charge is 0.272 e. The van der Waals surface area contributed by atoms with Crippen LogP contribution in [0.25, 0.3) is 10.6 Å². The van der Waals surface area contributed by atoms with E-state index in [1.807, 2.05) is 16.9 Å². The van der Waals surface area contributed by atoms with Crippen LogP contribution in [-0.2, 0) is 6.54 Å². The van der Waals surface area contributed by atoms with Crippen LogP contribution in [0, 0.1) is 0 Å². The van der Waals surface area contributed by atoms with Gasteiger partial charge in [0.15, 0.2) is 0 Å². The molecule has 0 aliphatic carbocycles. The molecule has 0 aliphatic rings. The standard InChI is InChI=1S/C9H10N2S/c1-2-11-6-5-8(10-11)9-4-3-7-12-9/h3-7H,2H2,1H3. The molecular weight excluding hydrogens is 168 g/mol. The minimum absolute atomic E-state index is 0.936. The van der Waals surface area contributed by atoms with Gasteiger partial charge in [0, 0.05) is 12.7 Å². The normalized spacial score (nSPS) is 10.4.